The lowest BCUT2D eigenvalue weighted by atomic mass is 9.79. The lowest BCUT2D eigenvalue weighted by Gasteiger charge is -2.29. The van der Waals surface area contributed by atoms with Crippen LogP contribution in [0.1, 0.15) is 32.3 Å². The predicted molar refractivity (Wildman–Crippen MR) is 70.4 cm³/mol. The van der Waals surface area contributed by atoms with E-state index in [1.807, 2.05) is 12.1 Å². The predicted octanol–water partition coefficient (Wildman–Crippen LogP) is 4.28. The van der Waals surface area contributed by atoms with Gasteiger partial charge in [0, 0.05) is 5.88 Å². The van der Waals surface area contributed by atoms with Crippen molar-refractivity contribution in [1.82, 2.24) is 0 Å². The van der Waals surface area contributed by atoms with Crippen LogP contribution in [0.2, 0.25) is 0 Å². The Hall–Kier alpha value is -0.690. The van der Waals surface area contributed by atoms with Gasteiger partial charge in [-0.2, -0.15) is 0 Å². The second-order valence-corrected chi connectivity index (χ2v) is 4.64. The SMILES string of the molecule is CCC(CC)(CCl)Cc1cccc(OC)c1. The molecule has 0 unspecified atom stereocenters. The molecule has 0 radical (unpaired) electrons. The van der Waals surface area contributed by atoms with Gasteiger partial charge in [0.25, 0.3) is 0 Å². The van der Waals surface area contributed by atoms with Crippen molar-refractivity contribution in [2.45, 2.75) is 33.1 Å². The Labute approximate surface area is 104 Å². The molecule has 1 aromatic carbocycles. The first kappa shape index (κ1) is 13.4. The molecule has 0 heterocycles. The molecule has 2 heteroatoms. The van der Waals surface area contributed by atoms with Crippen molar-refractivity contribution >= 4 is 11.6 Å². The highest BCUT2D eigenvalue weighted by atomic mass is 35.5. The first-order chi connectivity index (χ1) is 7.69. The molecule has 0 amide bonds. The highest BCUT2D eigenvalue weighted by Gasteiger charge is 2.25. The molecule has 0 fully saturated rings. The van der Waals surface area contributed by atoms with Crippen LogP contribution >= 0.6 is 11.6 Å². The lowest BCUT2D eigenvalue weighted by Crippen LogP contribution is -2.24. The molecule has 0 bridgehead atoms. The van der Waals surface area contributed by atoms with Gasteiger partial charge >= 0.3 is 0 Å². The smallest absolute Gasteiger partial charge is 0.119 e. The Kier molecular flexibility index (Phi) is 5.14. The zero-order valence-electron chi connectivity index (χ0n) is 10.4. The van der Waals surface area contributed by atoms with Gasteiger partial charge < -0.3 is 4.74 Å². The Balaban J connectivity index is 2.84. The summed E-state index contributed by atoms with van der Waals surface area (Å²) in [6.45, 7) is 4.43. The summed E-state index contributed by atoms with van der Waals surface area (Å²) in [7, 11) is 1.70. The highest BCUT2D eigenvalue weighted by Crippen LogP contribution is 2.33. The molecule has 0 aliphatic heterocycles. The van der Waals surface area contributed by atoms with Crippen LogP contribution in [0.5, 0.6) is 5.75 Å². The molecular formula is C14H21ClO. The van der Waals surface area contributed by atoms with E-state index in [2.05, 4.69) is 26.0 Å². The maximum atomic E-state index is 6.12. The number of alkyl halides is 1. The Morgan fingerprint density at radius 1 is 1.25 bits per heavy atom. The van der Waals surface area contributed by atoms with E-state index in [0.29, 0.717) is 0 Å². The van der Waals surface area contributed by atoms with Gasteiger partial charge in [0.05, 0.1) is 7.11 Å². The van der Waals surface area contributed by atoms with E-state index in [4.69, 9.17) is 16.3 Å². The maximum absolute atomic E-state index is 6.12. The van der Waals surface area contributed by atoms with Crippen molar-refractivity contribution < 1.29 is 4.74 Å². The second kappa shape index (κ2) is 6.15. The van der Waals surface area contributed by atoms with E-state index in [0.717, 1.165) is 30.9 Å². The maximum Gasteiger partial charge on any atom is 0.119 e. The molecule has 0 spiro atoms. The molecule has 1 nitrogen and oxygen atoms in total. The number of hydrogen-bond acceptors (Lipinski definition) is 1. The monoisotopic (exact) mass is 240 g/mol. The van der Waals surface area contributed by atoms with Crippen LogP contribution in [0.25, 0.3) is 0 Å². The van der Waals surface area contributed by atoms with Gasteiger partial charge in [0.1, 0.15) is 5.75 Å². The number of rotatable bonds is 6. The van der Waals surface area contributed by atoms with E-state index < -0.39 is 0 Å². The summed E-state index contributed by atoms with van der Waals surface area (Å²) in [5.41, 5.74) is 1.54. The molecule has 0 saturated carbocycles. The van der Waals surface area contributed by atoms with Gasteiger partial charge in [-0.3, -0.25) is 0 Å². The zero-order chi connectivity index (χ0) is 12.0. The van der Waals surface area contributed by atoms with E-state index in [1.165, 1.54) is 5.56 Å². The van der Waals surface area contributed by atoms with Crippen LogP contribution in [-0.2, 0) is 6.42 Å². The average molecular weight is 241 g/mol. The second-order valence-electron chi connectivity index (χ2n) is 4.37. The van der Waals surface area contributed by atoms with Crippen LogP contribution in [-0.4, -0.2) is 13.0 Å². The molecule has 0 atom stereocenters. The molecule has 16 heavy (non-hydrogen) atoms. The summed E-state index contributed by atoms with van der Waals surface area (Å²) in [4.78, 5) is 0. The number of halogens is 1. The fourth-order valence-corrected chi connectivity index (χ4v) is 2.42. The molecule has 0 aromatic heterocycles. The zero-order valence-corrected chi connectivity index (χ0v) is 11.2. The minimum absolute atomic E-state index is 0.230. The Morgan fingerprint density at radius 3 is 2.44 bits per heavy atom. The summed E-state index contributed by atoms with van der Waals surface area (Å²) in [6.07, 6.45) is 3.26. The average Bonchev–Trinajstić information content (AvgIpc) is 2.36. The van der Waals surface area contributed by atoms with Gasteiger partial charge in [-0.05, 0) is 42.4 Å². The van der Waals surface area contributed by atoms with Gasteiger partial charge in [0.15, 0.2) is 0 Å². The molecule has 90 valence electrons. The van der Waals surface area contributed by atoms with Crippen molar-refractivity contribution in [3.05, 3.63) is 29.8 Å². The van der Waals surface area contributed by atoms with Gasteiger partial charge in [-0.1, -0.05) is 26.0 Å². The number of ether oxygens (including phenoxy) is 1. The number of hydrogen-bond donors (Lipinski definition) is 0. The van der Waals surface area contributed by atoms with Crippen LogP contribution in [0.15, 0.2) is 24.3 Å². The third kappa shape index (κ3) is 3.15. The third-order valence-corrected chi connectivity index (χ3v) is 4.06. The molecule has 0 N–H and O–H groups in total. The van der Waals surface area contributed by atoms with Crippen LogP contribution < -0.4 is 4.74 Å². The molecule has 1 aromatic rings. The van der Waals surface area contributed by atoms with Gasteiger partial charge in [-0.15, -0.1) is 11.6 Å². The normalized spacial score (nSPS) is 11.5. The standard InChI is InChI=1S/C14H21ClO/c1-4-14(5-2,11-15)10-12-7-6-8-13(9-12)16-3/h6-9H,4-5,10-11H2,1-3H3. The van der Waals surface area contributed by atoms with Crippen LogP contribution in [0, 0.1) is 5.41 Å². The number of benzene rings is 1. The fraction of sp³-hybridized carbons (Fsp3) is 0.571. The summed E-state index contributed by atoms with van der Waals surface area (Å²) >= 11 is 6.12. The lowest BCUT2D eigenvalue weighted by molar-refractivity contribution is 0.301. The van der Waals surface area contributed by atoms with Crippen LogP contribution in [0.3, 0.4) is 0 Å². The van der Waals surface area contributed by atoms with Crippen molar-refractivity contribution in [1.29, 1.82) is 0 Å². The van der Waals surface area contributed by atoms with Gasteiger partial charge in [0.2, 0.25) is 0 Å². The van der Waals surface area contributed by atoms with E-state index in [-0.39, 0.29) is 5.41 Å². The summed E-state index contributed by atoms with van der Waals surface area (Å²) in [6, 6.07) is 8.27. The highest BCUT2D eigenvalue weighted by molar-refractivity contribution is 6.18. The molecule has 0 aliphatic rings. The van der Waals surface area contributed by atoms with Crippen LogP contribution in [0.4, 0.5) is 0 Å². The number of methoxy groups -OCH3 is 1. The summed E-state index contributed by atoms with van der Waals surface area (Å²) in [5, 5.41) is 0. The summed E-state index contributed by atoms with van der Waals surface area (Å²) < 4.78 is 5.24. The molecule has 1 rings (SSSR count). The Morgan fingerprint density at radius 2 is 1.94 bits per heavy atom. The Bertz CT molecular complexity index is 310. The van der Waals surface area contributed by atoms with Crippen molar-refractivity contribution in [2.24, 2.45) is 5.41 Å². The minimum atomic E-state index is 0.230. The summed E-state index contributed by atoms with van der Waals surface area (Å²) in [5.74, 6) is 1.64. The van der Waals surface area contributed by atoms with Crippen molar-refractivity contribution in [2.75, 3.05) is 13.0 Å². The fourth-order valence-electron chi connectivity index (χ4n) is 1.95. The first-order valence-corrected chi connectivity index (χ1v) is 6.42. The quantitative estimate of drug-likeness (QED) is 0.675. The van der Waals surface area contributed by atoms with E-state index in [9.17, 15) is 0 Å². The molecule has 0 aliphatic carbocycles. The first-order valence-electron chi connectivity index (χ1n) is 5.88. The largest absolute Gasteiger partial charge is 0.497 e. The van der Waals surface area contributed by atoms with Crippen molar-refractivity contribution in [3.8, 4) is 5.75 Å². The third-order valence-electron chi connectivity index (χ3n) is 3.50. The topological polar surface area (TPSA) is 9.23 Å². The van der Waals surface area contributed by atoms with Gasteiger partial charge in [-0.25, -0.2) is 0 Å². The van der Waals surface area contributed by atoms with Crippen molar-refractivity contribution in [3.63, 3.8) is 0 Å². The minimum Gasteiger partial charge on any atom is -0.497 e. The molecular weight excluding hydrogens is 220 g/mol. The molecule has 0 saturated heterocycles. The van der Waals surface area contributed by atoms with E-state index >= 15 is 0 Å². The van der Waals surface area contributed by atoms with E-state index in [1.54, 1.807) is 7.11 Å².